The lowest BCUT2D eigenvalue weighted by Gasteiger charge is -2.17. The predicted molar refractivity (Wildman–Crippen MR) is 120 cm³/mol. The number of aromatic nitrogens is 1. The topological polar surface area (TPSA) is 117 Å². The molecular weight excluding hydrogens is 432 g/mol. The molecule has 10 nitrogen and oxygen atoms in total. The predicted octanol–water partition coefficient (Wildman–Crippen LogP) is 3.71. The minimum atomic E-state index is -0.0143. The zero-order valence-electron chi connectivity index (χ0n) is 18.7. The van der Waals surface area contributed by atoms with Gasteiger partial charge in [0.1, 0.15) is 28.6 Å². The van der Waals surface area contributed by atoms with E-state index in [1.807, 2.05) is 0 Å². The number of benzene rings is 2. The molecule has 0 radical (unpaired) electrons. The number of methoxy groups -OCH3 is 2. The Morgan fingerprint density at radius 3 is 2.09 bits per heavy atom. The lowest BCUT2D eigenvalue weighted by molar-refractivity contribution is -0.0116. The summed E-state index contributed by atoms with van der Waals surface area (Å²) in [5.41, 5.74) is 6.96. The van der Waals surface area contributed by atoms with E-state index in [0.717, 1.165) is 0 Å². The summed E-state index contributed by atoms with van der Waals surface area (Å²) in [6, 6.07) is 12.1. The first-order chi connectivity index (χ1) is 16.2. The van der Waals surface area contributed by atoms with Crippen LogP contribution >= 0.6 is 0 Å². The third-order valence-electron chi connectivity index (χ3n) is 4.30. The van der Waals surface area contributed by atoms with E-state index in [2.05, 4.69) is 5.16 Å². The van der Waals surface area contributed by atoms with Crippen LogP contribution in [0.25, 0.3) is 11.3 Å². The molecule has 0 atom stereocenters. The van der Waals surface area contributed by atoms with Gasteiger partial charge in [-0.25, -0.2) is 0 Å². The highest BCUT2D eigenvalue weighted by Gasteiger charge is 2.20. The number of anilines is 1. The van der Waals surface area contributed by atoms with Crippen molar-refractivity contribution in [3.63, 3.8) is 0 Å². The molecule has 0 unspecified atom stereocenters. The van der Waals surface area contributed by atoms with Crippen LogP contribution in [0.2, 0.25) is 0 Å². The van der Waals surface area contributed by atoms with E-state index in [1.54, 1.807) is 56.7 Å². The standard InChI is InChI=1S/C23H28N2O8/c1-26-9-11-28-15-30-19-13-21(31-16-29-12-10-27-2)23(20-7-8-25-33-20)22(14-19)32-18-5-3-17(24)4-6-18/h3-8,13-14H,9-12,15-16,24H2,1-2H3. The van der Waals surface area contributed by atoms with Crippen LogP contribution in [0.5, 0.6) is 23.0 Å². The summed E-state index contributed by atoms with van der Waals surface area (Å²) in [7, 11) is 3.20. The monoisotopic (exact) mass is 460 g/mol. The fourth-order valence-corrected chi connectivity index (χ4v) is 2.71. The molecule has 0 amide bonds. The summed E-state index contributed by atoms with van der Waals surface area (Å²) in [4.78, 5) is 0. The van der Waals surface area contributed by atoms with Gasteiger partial charge >= 0.3 is 0 Å². The number of nitrogens with zero attached hydrogens (tertiary/aromatic N) is 1. The van der Waals surface area contributed by atoms with Gasteiger partial charge in [-0.2, -0.15) is 0 Å². The van der Waals surface area contributed by atoms with Crippen molar-refractivity contribution >= 4 is 5.69 Å². The molecule has 33 heavy (non-hydrogen) atoms. The molecule has 0 aliphatic rings. The van der Waals surface area contributed by atoms with Gasteiger partial charge in [0.2, 0.25) is 0 Å². The van der Waals surface area contributed by atoms with Crippen LogP contribution in [0, 0.1) is 0 Å². The minimum Gasteiger partial charge on any atom is -0.467 e. The van der Waals surface area contributed by atoms with Gasteiger partial charge in [-0.15, -0.1) is 0 Å². The Kier molecular flexibility index (Phi) is 9.80. The SMILES string of the molecule is COCCOCOc1cc(OCOCCOC)c(-c2ccno2)c(Oc2ccc(N)cc2)c1. The average molecular weight is 460 g/mol. The van der Waals surface area contributed by atoms with E-state index in [-0.39, 0.29) is 13.6 Å². The number of nitrogens with two attached hydrogens (primary N) is 1. The first kappa shape index (κ1) is 24.3. The number of ether oxygens (including phenoxy) is 7. The average Bonchev–Trinajstić information content (AvgIpc) is 3.35. The third kappa shape index (κ3) is 7.65. The summed E-state index contributed by atoms with van der Waals surface area (Å²) >= 11 is 0. The van der Waals surface area contributed by atoms with Crippen molar-refractivity contribution in [3.8, 4) is 34.3 Å². The fraction of sp³-hybridized carbons (Fsp3) is 0.348. The number of hydrogen-bond acceptors (Lipinski definition) is 10. The molecule has 10 heteroatoms. The summed E-state index contributed by atoms with van der Waals surface area (Å²) in [5, 5.41) is 3.81. The Morgan fingerprint density at radius 2 is 1.45 bits per heavy atom. The summed E-state index contributed by atoms with van der Waals surface area (Å²) in [6.07, 6.45) is 1.54. The molecule has 0 aliphatic heterocycles. The highest BCUT2D eigenvalue weighted by Crippen LogP contribution is 2.43. The van der Waals surface area contributed by atoms with Gasteiger partial charge in [-0.3, -0.25) is 0 Å². The van der Waals surface area contributed by atoms with Crippen LogP contribution in [0.4, 0.5) is 5.69 Å². The van der Waals surface area contributed by atoms with Crippen molar-refractivity contribution in [2.24, 2.45) is 0 Å². The lowest BCUT2D eigenvalue weighted by Crippen LogP contribution is -2.10. The second kappa shape index (κ2) is 13.3. The number of hydrogen-bond donors (Lipinski definition) is 1. The summed E-state index contributed by atoms with van der Waals surface area (Å²) in [6.45, 7) is 1.71. The van der Waals surface area contributed by atoms with Gasteiger partial charge in [0.05, 0.1) is 32.6 Å². The Labute approximate surface area is 192 Å². The maximum absolute atomic E-state index is 6.13. The molecule has 2 aromatic carbocycles. The van der Waals surface area contributed by atoms with Crippen LogP contribution in [-0.2, 0) is 18.9 Å². The largest absolute Gasteiger partial charge is 0.467 e. The molecule has 3 aromatic rings. The summed E-state index contributed by atoms with van der Waals surface area (Å²) in [5.74, 6) is 2.34. The molecule has 178 valence electrons. The van der Waals surface area contributed by atoms with Crippen molar-refractivity contribution in [3.05, 3.63) is 48.7 Å². The van der Waals surface area contributed by atoms with E-state index in [0.29, 0.717) is 66.4 Å². The van der Waals surface area contributed by atoms with Crippen LogP contribution < -0.4 is 19.9 Å². The number of rotatable bonds is 15. The molecule has 3 rings (SSSR count). The fourth-order valence-electron chi connectivity index (χ4n) is 2.71. The molecule has 2 N–H and O–H groups in total. The first-order valence-corrected chi connectivity index (χ1v) is 10.2. The van der Waals surface area contributed by atoms with E-state index in [9.17, 15) is 0 Å². The quantitative estimate of drug-likeness (QED) is 0.204. The second-order valence-corrected chi connectivity index (χ2v) is 6.67. The highest BCUT2D eigenvalue weighted by molar-refractivity contribution is 5.75. The third-order valence-corrected chi connectivity index (χ3v) is 4.30. The van der Waals surface area contributed by atoms with Crippen LogP contribution in [0.15, 0.2) is 53.2 Å². The van der Waals surface area contributed by atoms with Crippen molar-refractivity contribution in [2.45, 2.75) is 0 Å². The molecule has 0 aliphatic carbocycles. The Bertz CT molecular complexity index is 948. The molecule has 1 heterocycles. The van der Waals surface area contributed by atoms with Gasteiger partial charge in [-0.05, 0) is 24.3 Å². The smallest absolute Gasteiger partial charge is 0.189 e. The van der Waals surface area contributed by atoms with E-state index >= 15 is 0 Å². The highest BCUT2D eigenvalue weighted by atomic mass is 16.7. The minimum absolute atomic E-state index is 0.0143. The zero-order valence-corrected chi connectivity index (χ0v) is 18.7. The van der Waals surface area contributed by atoms with Gasteiger partial charge in [0, 0.05) is 38.1 Å². The van der Waals surface area contributed by atoms with Gasteiger partial charge < -0.3 is 43.4 Å². The van der Waals surface area contributed by atoms with Crippen LogP contribution in [-0.4, -0.2) is 59.4 Å². The van der Waals surface area contributed by atoms with Crippen LogP contribution in [0.3, 0.4) is 0 Å². The normalized spacial score (nSPS) is 10.8. The summed E-state index contributed by atoms with van der Waals surface area (Å²) < 4.78 is 44.0. The zero-order chi connectivity index (χ0) is 23.3. The number of nitrogen functional groups attached to an aromatic ring is 1. The Hall–Kier alpha value is -3.31. The lowest BCUT2D eigenvalue weighted by atomic mass is 10.1. The van der Waals surface area contributed by atoms with Crippen molar-refractivity contribution in [1.29, 1.82) is 0 Å². The molecule has 0 fully saturated rings. The maximum Gasteiger partial charge on any atom is 0.189 e. The van der Waals surface area contributed by atoms with Crippen molar-refractivity contribution in [1.82, 2.24) is 5.16 Å². The first-order valence-electron chi connectivity index (χ1n) is 10.2. The van der Waals surface area contributed by atoms with Crippen LogP contribution in [0.1, 0.15) is 0 Å². The van der Waals surface area contributed by atoms with Crippen molar-refractivity contribution < 1.29 is 37.7 Å². The van der Waals surface area contributed by atoms with E-state index < -0.39 is 0 Å². The molecule has 0 saturated heterocycles. The van der Waals surface area contributed by atoms with E-state index in [1.165, 1.54) is 6.20 Å². The van der Waals surface area contributed by atoms with Gasteiger partial charge in [0.25, 0.3) is 0 Å². The second-order valence-electron chi connectivity index (χ2n) is 6.67. The van der Waals surface area contributed by atoms with E-state index in [4.69, 9.17) is 43.4 Å². The molecule has 0 spiro atoms. The Morgan fingerprint density at radius 1 is 0.788 bits per heavy atom. The Balaban J connectivity index is 1.88. The van der Waals surface area contributed by atoms with Crippen molar-refractivity contribution in [2.75, 3.05) is 60.0 Å². The molecule has 0 saturated carbocycles. The maximum atomic E-state index is 6.13. The van der Waals surface area contributed by atoms with Gasteiger partial charge in [-0.1, -0.05) is 5.16 Å². The molecule has 1 aromatic heterocycles. The molecule has 0 bridgehead atoms. The molecular formula is C23H28N2O8. The van der Waals surface area contributed by atoms with Gasteiger partial charge in [0.15, 0.2) is 19.3 Å².